The van der Waals surface area contributed by atoms with Gasteiger partial charge >= 0.3 is 0 Å². The molecule has 1 atom stereocenters. The summed E-state index contributed by atoms with van der Waals surface area (Å²) in [7, 11) is 0. The highest BCUT2D eigenvalue weighted by atomic mass is 15.2. The molecule has 1 heterocycles. The van der Waals surface area contributed by atoms with Gasteiger partial charge in [0.2, 0.25) is 0 Å². The van der Waals surface area contributed by atoms with Crippen molar-refractivity contribution < 1.29 is 0 Å². The van der Waals surface area contributed by atoms with Crippen molar-refractivity contribution in [1.82, 2.24) is 10.2 Å². The van der Waals surface area contributed by atoms with Gasteiger partial charge in [0.15, 0.2) is 0 Å². The van der Waals surface area contributed by atoms with Gasteiger partial charge in [0.1, 0.15) is 0 Å². The van der Waals surface area contributed by atoms with Crippen molar-refractivity contribution in [3.05, 3.63) is 0 Å². The predicted molar refractivity (Wildman–Crippen MR) is 76.5 cm³/mol. The van der Waals surface area contributed by atoms with Crippen molar-refractivity contribution in [3.8, 4) is 0 Å². The zero-order chi connectivity index (χ0) is 12.7. The van der Waals surface area contributed by atoms with Crippen LogP contribution in [0.25, 0.3) is 0 Å². The van der Waals surface area contributed by atoms with E-state index in [0.29, 0.717) is 11.6 Å². The molecule has 102 valence electrons. The third-order valence-electron chi connectivity index (χ3n) is 4.64. The van der Waals surface area contributed by atoms with E-state index in [0.717, 1.165) is 6.54 Å². The smallest absolute Gasteiger partial charge is 0.0357 e. The zero-order valence-electron chi connectivity index (χ0n) is 12.4. The van der Waals surface area contributed by atoms with Crippen LogP contribution in [0.1, 0.15) is 66.2 Å². The van der Waals surface area contributed by atoms with Gasteiger partial charge in [-0.05, 0) is 51.7 Å². The minimum atomic E-state index is 0.405. The maximum Gasteiger partial charge on any atom is 0.0357 e. The molecule has 1 unspecified atom stereocenters. The summed E-state index contributed by atoms with van der Waals surface area (Å²) >= 11 is 0. The first kappa shape index (κ1) is 15.0. The van der Waals surface area contributed by atoms with Crippen LogP contribution in [0, 0.1) is 0 Å². The van der Waals surface area contributed by atoms with Crippen molar-refractivity contribution in [3.63, 3.8) is 0 Å². The highest BCUT2D eigenvalue weighted by Gasteiger charge is 2.40. The molecule has 0 radical (unpaired) electrons. The summed E-state index contributed by atoms with van der Waals surface area (Å²) in [5, 5.41) is 3.76. The van der Waals surface area contributed by atoms with Gasteiger partial charge in [-0.25, -0.2) is 0 Å². The molecule has 1 saturated heterocycles. The minimum Gasteiger partial charge on any atom is -0.312 e. The summed E-state index contributed by atoms with van der Waals surface area (Å²) in [6.07, 6.45) is 7.95. The molecule has 0 aromatic heterocycles. The average molecular weight is 240 g/mol. The summed E-state index contributed by atoms with van der Waals surface area (Å²) < 4.78 is 0. The number of likely N-dealkylation sites (N-methyl/N-ethyl adjacent to an activating group) is 1. The summed E-state index contributed by atoms with van der Waals surface area (Å²) in [5.41, 5.74) is 0.405. The number of nitrogens with one attached hydrogen (secondary N) is 1. The van der Waals surface area contributed by atoms with Gasteiger partial charge in [0, 0.05) is 11.6 Å². The highest BCUT2D eigenvalue weighted by Crippen LogP contribution is 2.33. The maximum atomic E-state index is 3.76. The van der Waals surface area contributed by atoms with Crippen LogP contribution in [0.3, 0.4) is 0 Å². The first-order valence-electron chi connectivity index (χ1n) is 7.73. The van der Waals surface area contributed by atoms with Crippen LogP contribution >= 0.6 is 0 Å². The molecule has 1 rings (SSSR count). The second-order valence-corrected chi connectivity index (χ2v) is 5.40. The summed E-state index contributed by atoms with van der Waals surface area (Å²) in [6, 6.07) is 0.672. The Labute approximate surface area is 108 Å². The molecule has 1 aliphatic heterocycles. The molecule has 1 aliphatic rings. The SMILES string of the molecule is CCCC(NCC)C(CC)(CC)N1CCCC1. The largest absolute Gasteiger partial charge is 0.312 e. The van der Waals surface area contributed by atoms with Crippen molar-refractivity contribution in [2.24, 2.45) is 0 Å². The average Bonchev–Trinajstić information content (AvgIpc) is 2.86. The van der Waals surface area contributed by atoms with Gasteiger partial charge in [-0.1, -0.05) is 34.1 Å². The first-order chi connectivity index (χ1) is 8.25. The lowest BCUT2D eigenvalue weighted by molar-refractivity contribution is 0.0589. The van der Waals surface area contributed by atoms with E-state index in [1.807, 2.05) is 0 Å². The second kappa shape index (κ2) is 7.38. The topological polar surface area (TPSA) is 15.3 Å². The lowest BCUT2D eigenvalue weighted by Crippen LogP contribution is -2.60. The second-order valence-electron chi connectivity index (χ2n) is 5.40. The van der Waals surface area contributed by atoms with Crippen LogP contribution in [-0.4, -0.2) is 36.1 Å². The van der Waals surface area contributed by atoms with Crippen LogP contribution in [0.5, 0.6) is 0 Å². The lowest BCUT2D eigenvalue weighted by Gasteiger charge is -2.47. The quantitative estimate of drug-likeness (QED) is 0.699. The van der Waals surface area contributed by atoms with Crippen molar-refractivity contribution in [1.29, 1.82) is 0 Å². The third kappa shape index (κ3) is 3.23. The summed E-state index contributed by atoms with van der Waals surface area (Å²) in [5.74, 6) is 0. The van der Waals surface area contributed by atoms with Crippen LogP contribution in [-0.2, 0) is 0 Å². The Balaban J connectivity index is 2.84. The van der Waals surface area contributed by atoms with Crippen LogP contribution in [0.15, 0.2) is 0 Å². The van der Waals surface area contributed by atoms with Gasteiger partial charge in [-0.15, -0.1) is 0 Å². The molecule has 0 amide bonds. The minimum absolute atomic E-state index is 0.405. The van der Waals surface area contributed by atoms with Gasteiger partial charge in [0.25, 0.3) is 0 Å². The fourth-order valence-corrected chi connectivity index (χ4v) is 3.67. The molecule has 0 aromatic rings. The van der Waals surface area contributed by atoms with Gasteiger partial charge in [0.05, 0.1) is 0 Å². The highest BCUT2D eigenvalue weighted by molar-refractivity contribution is 5.00. The van der Waals surface area contributed by atoms with Crippen LogP contribution < -0.4 is 5.32 Å². The van der Waals surface area contributed by atoms with Crippen molar-refractivity contribution in [2.45, 2.75) is 77.8 Å². The van der Waals surface area contributed by atoms with Crippen molar-refractivity contribution >= 4 is 0 Å². The van der Waals surface area contributed by atoms with E-state index in [1.54, 1.807) is 0 Å². The lowest BCUT2D eigenvalue weighted by atomic mass is 9.80. The van der Waals surface area contributed by atoms with Crippen LogP contribution in [0.2, 0.25) is 0 Å². The number of likely N-dealkylation sites (tertiary alicyclic amines) is 1. The van der Waals surface area contributed by atoms with E-state index >= 15 is 0 Å². The molecule has 0 spiro atoms. The summed E-state index contributed by atoms with van der Waals surface area (Å²) in [4.78, 5) is 2.77. The van der Waals surface area contributed by atoms with E-state index < -0.39 is 0 Å². The molecule has 0 bridgehead atoms. The van der Waals surface area contributed by atoms with Gasteiger partial charge < -0.3 is 5.32 Å². The number of hydrogen-bond donors (Lipinski definition) is 1. The summed E-state index contributed by atoms with van der Waals surface area (Å²) in [6.45, 7) is 13.0. The Kier molecular flexibility index (Phi) is 6.50. The molecule has 1 N–H and O–H groups in total. The van der Waals surface area contributed by atoms with E-state index in [2.05, 4.69) is 37.9 Å². The predicted octanol–water partition coefficient (Wildman–Crippen LogP) is 3.42. The first-order valence-corrected chi connectivity index (χ1v) is 7.73. The molecular formula is C15H32N2. The molecule has 0 saturated carbocycles. The van der Waals surface area contributed by atoms with Gasteiger partial charge in [-0.2, -0.15) is 0 Å². The van der Waals surface area contributed by atoms with E-state index in [4.69, 9.17) is 0 Å². The molecule has 2 nitrogen and oxygen atoms in total. The van der Waals surface area contributed by atoms with E-state index in [-0.39, 0.29) is 0 Å². The molecule has 0 aromatic carbocycles. The fourth-order valence-electron chi connectivity index (χ4n) is 3.67. The Bertz CT molecular complexity index is 187. The Hall–Kier alpha value is -0.0800. The molecule has 17 heavy (non-hydrogen) atoms. The zero-order valence-corrected chi connectivity index (χ0v) is 12.4. The standard InChI is InChI=1S/C15H32N2/c1-5-11-14(16-8-4)15(6-2,7-3)17-12-9-10-13-17/h14,16H,5-13H2,1-4H3. The normalized spacial score (nSPS) is 19.8. The molecule has 0 aliphatic carbocycles. The molecular weight excluding hydrogens is 208 g/mol. The Morgan fingerprint density at radius 3 is 2.06 bits per heavy atom. The monoisotopic (exact) mass is 240 g/mol. The Morgan fingerprint density at radius 2 is 1.65 bits per heavy atom. The molecule has 1 fully saturated rings. The molecule has 2 heteroatoms. The van der Waals surface area contributed by atoms with E-state index in [9.17, 15) is 0 Å². The fraction of sp³-hybridized carbons (Fsp3) is 1.00. The number of nitrogens with zero attached hydrogens (tertiary/aromatic N) is 1. The van der Waals surface area contributed by atoms with Gasteiger partial charge in [-0.3, -0.25) is 4.90 Å². The van der Waals surface area contributed by atoms with E-state index in [1.165, 1.54) is 51.6 Å². The van der Waals surface area contributed by atoms with Crippen LogP contribution in [0.4, 0.5) is 0 Å². The maximum absolute atomic E-state index is 3.76. The Morgan fingerprint density at radius 1 is 1.06 bits per heavy atom. The number of hydrogen-bond acceptors (Lipinski definition) is 2. The van der Waals surface area contributed by atoms with Crippen molar-refractivity contribution in [2.75, 3.05) is 19.6 Å². The third-order valence-corrected chi connectivity index (χ3v) is 4.64. The number of rotatable bonds is 8.